The zero-order valence-electron chi connectivity index (χ0n) is 7.78. The minimum atomic E-state index is -4.84. The van der Waals surface area contributed by atoms with E-state index in [9.17, 15) is 17.6 Å². The molecule has 0 bridgehead atoms. The molecule has 0 aromatic carbocycles. The fourth-order valence-corrected chi connectivity index (χ4v) is 0.571. The van der Waals surface area contributed by atoms with Crippen molar-refractivity contribution in [2.75, 3.05) is 0 Å². The molecular weight excluding hydrogens is 200 g/mol. The van der Waals surface area contributed by atoms with Crippen LogP contribution in [0.4, 0.5) is 17.6 Å². The molecule has 0 aliphatic heterocycles. The van der Waals surface area contributed by atoms with E-state index in [4.69, 9.17) is 0 Å². The Morgan fingerprint density at radius 2 is 1.86 bits per heavy atom. The van der Waals surface area contributed by atoms with Crippen molar-refractivity contribution in [2.24, 2.45) is 0 Å². The van der Waals surface area contributed by atoms with Crippen molar-refractivity contribution in [2.45, 2.75) is 20.2 Å². The first-order valence-corrected chi connectivity index (χ1v) is 3.71. The van der Waals surface area contributed by atoms with Crippen LogP contribution in [-0.2, 0) is 4.74 Å². The van der Waals surface area contributed by atoms with Gasteiger partial charge in [0.2, 0.25) is 0 Å². The molecule has 0 amide bonds. The highest BCUT2D eigenvalue weighted by Crippen LogP contribution is 2.22. The van der Waals surface area contributed by atoms with Crippen LogP contribution in [-0.4, -0.2) is 6.36 Å². The molecule has 0 aliphatic rings. The number of hydrogen-bond acceptors (Lipinski definition) is 1. The zero-order chi connectivity index (χ0) is 11.4. The molecule has 0 spiro atoms. The summed E-state index contributed by atoms with van der Waals surface area (Å²) in [6, 6.07) is 0. The summed E-state index contributed by atoms with van der Waals surface area (Å²) in [5.41, 5.74) is 0.219. The Kier molecular flexibility index (Phi) is 4.40. The van der Waals surface area contributed by atoms with E-state index in [1.165, 1.54) is 13.0 Å². The van der Waals surface area contributed by atoms with Gasteiger partial charge in [-0.05, 0) is 19.4 Å². The quantitative estimate of drug-likeness (QED) is 0.390. The van der Waals surface area contributed by atoms with Crippen molar-refractivity contribution in [3.05, 3.63) is 35.9 Å². The van der Waals surface area contributed by atoms with Crippen LogP contribution < -0.4 is 0 Å². The average Bonchev–Trinajstić information content (AvgIpc) is 1.99. The van der Waals surface area contributed by atoms with E-state index in [2.05, 4.69) is 11.3 Å². The number of ether oxygens (including phenoxy) is 1. The van der Waals surface area contributed by atoms with Gasteiger partial charge in [0, 0.05) is 6.08 Å². The Hall–Kier alpha value is -1.26. The standard InChI is InChI=1S/C9H10F4O/c1-4-6(2)8(10)5-7(3)14-9(11,12)13/h4-5H,3H2,1-2H3/b6-4-,8-5+. The highest BCUT2D eigenvalue weighted by atomic mass is 19.4. The summed E-state index contributed by atoms with van der Waals surface area (Å²) < 4.78 is 51.0. The third kappa shape index (κ3) is 5.40. The van der Waals surface area contributed by atoms with Gasteiger partial charge in [0.15, 0.2) is 0 Å². The molecule has 0 N–H and O–H groups in total. The van der Waals surface area contributed by atoms with Crippen LogP contribution in [0.1, 0.15) is 13.8 Å². The van der Waals surface area contributed by atoms with Gasteiger partial charge in [-0.3, -0.25) is 0 Å². The summed E-state index contributed by atoms with van der Waals surface area (Å²) in [5.74, 6) is -1.59. The van der Waals surface area contributed by atoms with Gasteiger partial charge in [-0.1, -0.05) is 12.7 Å². The molecule has 0 radical (unpaired) electrons. The van der Waals surface area contributed by atoms with Crippen molar-refractivity contribution in [3.8, 4) is 0 Å². The molecule has 80 valence electrons. The lowest BCUT2D eigenvalue weighted by Crippen LogP contribution is -2.11. The van der Waals surface area contributed by atoms with Crippen LogP contribution in [0.5, 0.6) is 0 Å². The molecule has 0 aromatic rings. The van der Waals surface area contributed by atoms with Gasteiger partial charge in [0.25, 0.3) is 0 Å². The van der Waals surface area contributed by atoms with Crippen LogP contribution in [0.25, 0.3) is 0 Å². The summed E-state index contributed by atoms with van der Waals surface area (Å²) in [6.45, 7) is 5.90. The van der Waals surface area contributed by atoms with E-state index in [0.29, 0.717) is 6.08 Å². The molecule has 0 fully saturated rings. The lowest BCUT2D eigenvalue weighted by atomic mass is 10.2. The summed E-state index contributed by atoms with van der Waals surface area (Å²) in [4.78, 5) is 0. The van der Waals surface area contributed by atoms with E-state index in [-0.39, 0.29) is 5.57 Å². The molecule has 5 heteroatoms. The minimum absolute atomic E-state index is 0.219. The smallest absolute Gasteiger partial charge is 0.406 e. The summed E-state index contributed by atoms with van der Waals surface area (Å²) in [6.07, 6.45) is -2.83. The van der Waals surface area contributed by atoms with E-state index in [0.717, 1.165) is 0 Å². The van der Waals surface area contributed by atoms with Gasteiger partial charge in [-0.2, -0.15) is 0 Å². The van der Waals surface area contributed by atoms with Gasteiger partial charge < -0.3 is 4.74 Å². The average molecular weight is 210 g/mol. The summed E-state index contributed by atoms with van der Waals surface area (Å²) in [7, 11) is 0. The molecule has 0 aliphatic carbocycles. The monoisotopic (exact) mass is 210 g/mol. The second-order valence-electron chi connectivity index (χ2n) is 2.48. The van der Waals surface area contributed by atoms with Crippen molar-refractivity contribution in [1.29, 1.82) is 0 Å². The predicted molar refractivity (Wildman–Crippen MR) is 44.9 cm³/mol. The van der Waals surface area contributed by atoms with E-state index >= 15 is 0 Å². The molecule has 0 unspecified atom stereocenters. The molecule has 0 atom stereocenters. The van der Waals surface area contributed by atoms with Gasteiger partial charge in [0.05, 0.1) is 0 Å². The number of alkyl halides is 3. The fraction of sp³-hybridized carbons (Fsp3) is 0.333. The highest BCUT2D eigenvalue weighted by Gasteiger charge is 2.31. The van der Waals surface area contributed by atoms with Crippen LogP contribution in [0.2, 0.25) is 0 Å². The fourth-order valence-electron chi connectivity index (χ4n) is 0.571. The number of halogens is 4. The van der Waals surface area contributed by atoms with Crippen LogP contribution in [0, 0.1) is 0 Å². The zero-order valence-corrected chi connectivity index (χ0v) is 7.78. The van der Waals surface area contributed by atoms with Crippen molar-refractivity contribution < 1.29 is 22.3 Å². The van der Waals surface area contributed by atoms with Gasteiger partial charge in [0.1, 0.15) is 11.6 Å². The molecule has 0 aromatic heterocycles. The van der Waals surface area contributed by atoms with Crippen molar-refractivity contribution >= 4 is 0 Å². The summed E-state index contributed by atoms with van der Waals surface area (Å²) >= 11 is 0. The van der Waals surface area contributed by atoms with Crippen molar-refractivity contribution in [3.63, 3.8) is 0 Å². The van der Waals surface area contributed by atoms with Crippen molar-refractivity contribution in [1.82, 2.24) is 0 Å². The Balaban J connectivity index is 4.46. The van der Waals surface area contributed by atoms with E-state index in [1.807, 2.05) is 0 Å². The van der Waals surface area contributed by atoms with Gasteiger partial charge in [-0.25, -0.2) is 4.39 Å². The molecular formula is C9H10F4O. The maximum absolute atomic E-state index is 12.9. The lowest BCUT2D eigenvalue weighted by Gasteiger charge is -2.08. The molecule has 1 nitrogen and oxygen atoms in total. The number of rotatable bonds is 3. The topological polar surface area (TPSA) is 9.23 Å². The second-order valence-corrected chi connectivity index (χ2v) is 2.48. The molecule has 0 saturated carbocycles. The van der Waals surface area contributed by atoms with Gasteiger partial charge in [-0.15, -0.1) is 13.2 Å². The number of allylic oxidation sites excluding steroid dienone is 4. The SMILES string of the molecule is C=C(/C=C(F)\C(C)=C/C)OC(F)(F)F. The minimum Gasteiger partial charge on any atom is -0.406 e. The Bertz CT molecular complexity index is 273. The molecule has 0 saturated heterocycles. The van der Waals surface area contributed by atoms with E-state index in [1.54, 1.807) is 6.92 Å². The third-order valence-electron chi connectivity index (χ3n) is 1.34. The van der Waals surface area contributed by atoms with Crippen LogP contribution in [0.15, 0.2) is 35.9 Å². The van der Waals surface area contributed by atoms with Crippen LogP contribution >= 0.6 is 0 Å². The first kappa shape index (κ1) is 12.7. The van der Waals surface area contributed by atoms with E-state index < -0.39 is 17.9 Å². The predicted octanol–water partition coefficient (Wildman–Crippen LogP) is 3.86. The Morgan fingerprint density at radius 3 is 2.21 bits per heavy atom. The van der Waals surface area contributed by atoms with Crippen LogP contribution in [0.3, 0.4) is 0 Å². The second kappa shape index (κ2) is 4.83. The third-order valence-corrected chi connectivity index (χ3v) is 1.34. The van der Waals surface area contributed by atoms with Gasteiger partial charge >= 0.3 is 6.36 Å². The Labute approximate surface area is 79.4 Å². The number of hydrogen-bond donors (Lipinski definition) is 0. The summed E-state index contributed by atoms with van der Waals surface area (Å²) in [5, 5.41) is 0. The molecule has 0 heterocycles. The first-order valence-electron chi connectivity index (χ1n) is 3.71. The Morgan fingerprint density at radius 1 is 1.36 bits per heavy atom. The maximum atomic E-state index is 12.9. The molecule has 14 heavy (non-hydrogen) atoms. The lowest BCUT2D eigenvalue weighted by molar-refractivity contribution is -0.303. The maximum Gasteiger partial charge on any atom is 0.573 e. The normalized spacial score (nSPS) is 14.1. The molecule has 0 rings (SSSR count). The highest BCUT2D eigenvalue weighted by molar-refractivity contribution is 5.27. The first-order chi connectivity index (χ1) is 6.26. The largest absolute Gasteiger partial charge is 0.573 e.